The van der Waals surface area contributed by atoms with Gasteiger partial charge in [0.2, 0.25) is 11.8 Å². The van der Waals surface area contributed by atoms with E-state index in [0.29, 0.717) is 6.42 Å². The van der Waals surface area contributed by atoms with Crippen LogP contribution in [-0.4, -0.2) is 23.9 Å². The Morgan fingerprint density at radius 2 is 1.70 bits per heavy atom. The minimum Gasteiger partial charge on any atom is -0.342 e. The van der Waals surface area contributed by atoms with E-state index in [9.17, 15) is 9.59 Å². The van der Waals surface area contributed by atoms with E-state index in [1.165, 1.54) is 11.1 Å². The molecular weight excluding hydrogens is 308 g/mol. The maximum Gasteiger partial charge on any atom is 0.243 e. The maximum atomic E-state index is 12.5. The SMILES string of the molecule is O=C1NC(C2Cc3ccccc3C2)C(=O)NC1Cc1cccs1. The molecule has 1 fully saturated rings. The lowest BCUT2D eigenvalue weighted by Crippen LogP contribution is -2.64. The van der Waals surface area contributed by atoms with E-state index in [2.05, 4.69) is 22.8 Å². The summed E-state index contributed by atoms with van der Waals surface area (Å²) in [5.74, 6) is 0.0296. The van der Waals surface area contributed by atoms with Crippen LogP contribution in [0.25, 0.3) is 0 Å². The Morgan fingerprint density at radius 3 is 2.35 bits per heavy atom. The molecule has 2 heterocycles. The normalized spacial score (nSPS) is 24.2. The average Bonchev–Trinajstić information content (AvgIpc) is 3.19. The molecule has 1 aliphatic carbocycles. The van der Waals surface area contributed by atoms with Crippen molar-refractivity contribution >= 4 is 23.2 Å². The van der Waals surface area contributed by atoms with E-state index < -0.39 is 12.1 Å². The van der Waals surface area contributed by atoms with Crippen LogP contribution in [-0.2, 0) is 28.9 Å². The van der Waals surface area contributed by atoms with Crippen LogP contribution in [0, 0.1) is 5.92 Å². The molecule has 2 amide bonds. The summed E-state index contributed by atoms with van der Waals surface area (Å²) in [5.41, 5.74) is 2.58. The average molecular weight is 326 g/mol. The molecule has 23 heavy (non-hydrogen) atoms. The van der Waals surface area contributed by atoms with Gasteiger partial charge in [-0.25, -0.2) is 0 Å². The molecule has 5 heteroatoms. The van der Waals surface area contributed by atoms with Crippen molar-refractivity contribution in [2.75, 3.05) is 0 Å². The quantitative estimate of drug-likeness (QED) is 0.902. The monoisotopic (exact) mass is 326 g/mol. The summed E-state index contributed by atoms with van der Waals surface area (Å²) in [6.45, 7) is 0. The maximum absolute atomic E-state index is 12.5. The fourth-order valence-corrected chi connectivity index (χ4v) is 4.33. The zero-order chi connectivity index (χ0) is 15.8. The number of thiophene rings is 1. The fourth-order valence-electron chi connectivity index (χ4n) is 3.58. The molecule has 4 rings (SSSR count). The Morgan fingerprint density at radius 1 is 0.957 bits per heavy atom. The minimum atomic E-state index is -0.457. The molecule has 1 aliphatic heterocycles. The van der Waals surface area contributed by atoms with Crippen molar-refractivity contribution in [3.63, 3.8) is 0 Å². The van der Waals surface area contributed by atoms with Crippen LogP contribution in [0.1, 0.15) is 16.0 Å². The predicted molar refractivity (Wildman–Crippen MR) is 89.2 cm³/mol. The fraction of sp³-hybridized carbons (Fsp3) is 0.333. The molecule has 0 radical (unpaired) electrons. The molecule has 2 aliphatic rings. The Hall–Kier alpha value is -2.14. The van der Waals surface area contributed by atoms with Crippen LogP contribution in [0.2, 0.25) is 0 Å². The molecule has 0 bridgehead atoms. The highest BCUT2D eigenvalue weighted by Gasteiger charge is 2.40. The van der Waals surface area contributed by atoms with Crippen molar-refractivity contribution < 1.29 is 9.59 Å². The third kappa shape index (κ3) is 2.77. The summed E-state index contributed by atoms with van der Waals surface area (Å²) in [6, 6.07) is 11.3. The Bertz CT molecular complexity index is 716. The molecule has 1 aromatic carbocycles. The minimum absolute atomic E-state index is 0.0519. The Labute approximate surface area is 138 Å². The number of rotatable bonds is 3. The number of fused-ring (bicyclic) bond motifs is 1. The van der Waals surface area contributed by atoms with Crippen molar-refractivity contribution in [2.45, 2.75) is 31.3 Å². The van der Waals surface area contributed by atoms with Crippen molar-refractivity contribution in [1.82, 2.24) is 10.6 Å². The van der Waals surface area contributed by atoms with Gasteiger partial charge in [-0.05, 0) is 41.3 Å². The number of nitrogens with one attached hydrogen (secondary N) is 2. The molecule has 0 saturated carbocycles. The van der Waals surface area contributed by atoms with E-state index in [1.54, 1.807) is 11.3 Å². The molecule has 2 aromatic rings. The van der Waals surface area contributed by atoms with Gasteiger partial charge in [0.05, 0.1) is 0 Å². The number of carbonyl (C=O) groups excluding carboxylic acids is 2. The Balaban J connectivity index is 1.45. The Kier molecular flexibility index (Phi) is 3.65. The van der Waals surface area contributed by atoms with Crippen LogP contribution in [0.3, 0.4) is 0 Å². The van der Waals surface area contributed by atoms with Crippen molar-refractivity contribution in [1.29, 1.82) is 0 Å². The second-order valence-corrected chi connectivity index (χ2v) is 7.30. The first-order valence-electron chi connectivity index (χ1n) is 7.90. The number of piperazine rings is 1. The lowest BCUT2D eigenvalue weighted by molar-refractivity contribution is -0.138. The first-order valence-corrected chi connectivity index (χ1v) is 8.78. The van der Waals surface area contributed by atoms with E-state index >= 15 is 0 Å². The highest BCUT2D eigenvalue weighted by molar-refractivity contribution is 7.09. The van der Waals surface area contributed by atoms with Crippen molar-refractivity contribution in [2.24, 2.45) is 5.92 Å². The van der Waals surface area contributed by atoms with Crippen LogP contribution in [0.15, 0.2) is 41.8 Å². The summed E-state index contributed by atoms with van der Waals surface area (Å²) in [4.78, 5) is 26.0. The summed E-state index contributed by atoms with van der Waals surface area (Å²) in [5, 5.41) is 7.86. The molecule has 2 N–H and O–H groups in total. The number of benzene rings is 1. The first kappa shape index (κ1) is 14.5. The highest BCUT2D eigenvalue weighted by atomic mass is 32.1. The second-order valence-electron chi connectivity index (χ2n) is 6.27. The smallest absolute Gasteiger partial charge is 0.243 e. The van der Waals surface area contributed by atoms with Gasteiger partial charge in [-0.2, -0.15) is 0 Å². The van der Waals surface area contributed by atoms with E-state index in [-0.39, 0.29) is 17.7 Å². The molecule has 2 unspecified atom stereocenters. The van der Waals surface area contributed by atoms with Crippen molar-refractivity contribution in [3.05, 3.63) is 57.8 Å². The van der Waals surface area contributed by atoms with Crippen LogP contribution < -0.4 is 10.6 Å². The molecular formula is C18H18N2O2S. The van der Waals surface area contributed by atoms with Gasteiger partial charge in [0.15, 0.2) is 0 Å². The van der Waals surface area contributed by atoms with Gasteiger partial charge in [-0.3, -0.25) is 9.59 Å². The van der Waals surface area contributed by atoms with Gasteiger partial charge < -0.3 is 10.6 Å². The van der Waals surface area contributed by atoms with Crippen molar-refractivity contribution in [3.8, 4) is 0 Å². The standard InChI is InChI=1S/C18H18N2O2S/c21-17-15(10-14-6-3-7-23-14)19-18(22)16(20-17)13-8-11-4-1-2-5-12(11)9-13/h1-7,13,15-16H,8-10H2,(H,19,22)(H,20,21). The first-order chi connectivity index (χ1) is 11.2. The second kappa shape index (κ2) is 5.81. The molecule has 2 atom stereocenters. The predicted octanol–water partition coefficient (Wildman–Crippen LogP) is 1.69. The lowest BCUT2D eigenvalue weighted by Gasteiger charge is -2.32. The molecule has 0 spiro atoms. The molecule has 118 valence electrons. The van der Waals surface area contributed by atoms with Crippen LogP contribution >= 0.6 is 11.3 Å². The van der Waals surface area contributed by atoms with E-state index in [1.807, 2.05) is 29.6 Å². The topological polar surface area (TPSA) is 58.2 Å². The number of carbonyl (C=O) groups is 2. The number of hydrogen-bond acceptors (Lipinski definition) is 3. The van der Waals surface area contributed by atoms with E-state index in [0.717, 1.165) is 17.7 Å². The molecule has 4 nitrogen and oxygen atoms in total. The number of amides is 2. The van der Waals surface area contributed by atoms with Gasteiger partial charge >= 0.3 is 0 Å². The third-order valence-electron chi connectivity index (χ3n) is 4.75. The summed E-state index contributed by atoms with van der Waals surface area (Å²) in [7, 11) is 0. The van der Waals surface area contributed by atoms with Gasteiger partial charge in [-0.15, -0.1) is 11.3 Å². The van der Waals surface area contributed by atoms with Crippen LogP contribution in [0.5, 0.6) is 0 Å². The summed E-state index contributed by atoms with van der Waals surface area (Å²) in [6.07, 6.45) is 2.26. The van der Waals surface area contributed by atoms with Gasteiger partial charge in [0.1, 0.15) is 12.1 Å². The molecule has 1 aromatic heterocycles. The van der Waals surface area contributed by atoms with Gasteiger partial charge in [-0.1, -0.05) is 30.3 Å². The largest absolute Gasteiger partial charge is 0.342 e. The number of hydrogen-bond donors (Lipinski definition) is 2. The van der Waals surface area contributed by atoms with Gasteiger partial charge in [0.25, 0.3) is 0 Å². The summed E-state index contributed by atoms with van der Waals surface area (Å²) >= 11 is 1.61. The lowest BCUT2D eigenvalue weighted by atomic mass is 9.93. The van der Waals surface area contributed by atoms with Crippen LogP contribution in [0.4, 0.5) is 0 Å². The summed E-state index contributed by atoms with van der Waals surface area (Å²) < 4.78 is 0. The highest BCUT2D eigenvalue weighted by Crippen LogP contribution is 2.29. The van der Waals surface area contributed by atoms with E-state index in [4.69, 9.17) is 0 Å². The zero-order valence-electron chi connectivity index (χ0n) is 12.6. The molecule has 1 saturated heterocycles. The van der Waals surface area contributed by atoms with Gasteiger partial charge in [0, 0.05) is 11.3 Å². The zero-order valence-corrected chi connectivity index (χ0v) is 13.4. The third-order valence-corrected chi connectivity index (χ3v) is 5.65.